The first kappa shape index (κ1) is 14.7. The standard InChI is InChI=1S/C12H24N2O2S/c1-10(2)13-9-12(4)17(15,16)14-7-5-11(3)6-8-14/h5,10,12-13H,6-9H2,1-4H3. The molecule has 1 unspecified atom stereocenters. The molecule has 1 rings (SSSR count). The van der Waals surface area contributed by atoms with E-state index in [1.807, 2.05) is 26.8 Å². The molecule has 17 heavy (non-hydrogen) atoms. The fourth-order valence-electron chi connectivity index (χ4n) is 1.74. The molecule has 0 saturated heterocycles. The maximum absolute atomic E-state index is 12.3. The molecule has 1 N–H and O–H groups in total. The second-order valence-electron chi connectivity index (χ2n) is 5.08. The van der Waals surface area contributed by atoms with Gasteiger partial charge in [0.2, 0.25) is 10.0 Å². The van der Waals surface area contributed by atoms with Crippen molar-refractivity contribution < 1.29 is 8.42 Å². The highest BCUT2D eigenvalue weighted by Crippen LogP contribution is 2.16. The van der Waals surface area contributed by atoms with Crippen LogP contribution in [0.3, 0.4) is 0 Å². The Kier molecular flexibility index (Phi) is 5.16. The Morgan fingerprint density at radius 3 is 2.53 bits per heavy atom. The summed E-state index contributed by atoms with van der Waals surface area (Å²) in [4.78, 5) is 0. The Balaban J connectivity index is 2.61. The van der Waals surface area contributed by atoms with Crippen molar-refractivity contribution in [2.75, 3.05) is 19.6 Å². The maximum atomic E-state index is 12.3. The highest BCUT2D eigenvalue weighted by molar-refractivity contribution is 7.89. The van der Waals surface area contributed by atoms with Crippen LogP contribution in [-0.2, 0) is 10.0 Å². The Hall–Kier alpha value is -0.390. The van der Waals surface area contributed by atoms with Crippen molar-refractivity contribution in [1.82, 2.24) is 9.62 Å². The first-order valence-electron chi connectivity index (χ1n) is 6.22. The molecule has 0 radical (unpaired) electrons. The van der Waals surface area contributed by atoms with Crippen LogP contribution in [0.15, 0.2) is 11.6 Å². The van der Waals surface area contributed by atoms with Gasteiger partial charge in [-0.15, -0.1) is 0 Å². The molecule has 0 amide bonds. The molecule has 5 heteroatoms. The second-order valence-corrected chi connectivity index (χ2v) is 7.43. The van der Waals surface area contributed by atoms with Crippen molar-refractivity contribution in [2.24, 2.45) is 0 Å². The van der Waals surface area contributed by atoms with Crippen LogP contribution in [0.1, 0.15) is 34.1 Å². The zero-order valence-electron chi connectivity index (χ0n) is 11.2. The highest BCUT2D eigenvalue weighted by Gasteiger charge is 2.29. The van der Waals surface area contributed by atoms with Gasteiger partial charge >= 0.3 is 0 Å². The van der Waals surface area contributed by atoms with Gasteiger partial charge in [0.25, 0.3) is 0 Å². The smallest absolute Gasteiger partial charge is 0.218 e. The largest absolute Gasteiger partial charge is 0.313 e. The first-order chi connectivity index (χ1) is 7.84. The zero-order valence-corrected chi connectivity index (χ0v) is 12.0. The van der Waals surface area contributed by atoms with Crippen molar-refractivity contribution in [3.05, 3.63) is 11.6 Å². The summed E-state index contributed by atoms with van der Waals surface area (Å²) in [5.41, 5.74) is 1.28. The third-order valence-corrected chi connectivity index (χ3v) is 5.32. The number of hydrogen-bond acceptors (Lipinski definition) is 3. The minimum absolute atomic E-state index is 0.316. The molecule has 0 aromatic rings. The van der Waals surface area contributed by atoms with Gasteiger partial charge in [0, 0.05) is 25.7 Å². The van der Waals surface area contributed by atoms with Crippen LogP contribution in [0.4, 0.5) is 0 Å². The van der Waals surface area contributed by atoms with Crippen LogP contribution in [0.25, 0.3) is 0 Å². The van der Waals surface area contributed by atoms with Crippen molar-refractivity contribution >= 4 is 10.0 Å². The number of rotatable bonds is 5. The van der Waals surface area contributed by atoms with Gasteiger partial charge in [0.15, 0.2) is 0 Å². The van der Waals surface area contributed by atoms with E-state index < -0.39 is 10.0 Å². The molecule has 1 heterocycles. The van der Waals surface area contributed by atoms with E-state index in [0.29, 0.717) is 25.7 Å². The monoisotopic (exact) mass is 260 g/mol. The lowest BCUT2D eigenvalue weighted by atomic mass is 10.1. The predicted molar refractivity (Wildman–Crippen MR) is 71.5 cm³/mol. The van der Waals surface area contributed by atoms with E-state index in [9.17, 15) is 8.42 Å². The SMILES string of the molecule is CC1=CCN(S(=O)(=O)C(C)CNC(C)C)CC1. The van der Waals surface area contributed by atoms with Gasteiger partial charge in [-0.05, 0) is 20.3 Å². The summed E-state index contributed by atoms with van der Waals surface area (Å²) >= 11 is 0. The molecular formula is C12H24N2O2S. The van der Waals surface area contributed by atoms with Crippen LogP contribution in [0, 0.1) is 0 Å². The van der Waals surface area contributed by atoms with Crippen molar-refractivity contribution in [3.63, 3.8) is 0 Å². The van der Waals surface area contributed by atoms with Crippen molar-refractivity contribution in [1.29, 1.82) is 0 Å². The fourth-order valence-corrected chi connectivity index (χ4v) is 3.19. The Morgan fingerprint density at radius 1 is 1.41 bits per heavy atom. The average Bonchev–Trinajstić information content (AvgIpc) is 2.26. The van der Waals surface area contributed by atoms with Gasteiger partial charge in [0.05, 0.1) is 5.25 Å². The van der Waals surface area contributed by atoms with Crippen molar-refractivity contribution in [2.45, 2.75) is 45.4 Å². The molecule has 0 saturated carbocycles. The fraction of sp³-hybridized carbons (Fsp3) is 0.833. The molecule has 1 aliphatic rings. The normalized spacial score (nSPS) is 20.4. The van der Waals surface area contributed by atoms with Crippen LogP contribution >= 0.6 is 0 Å². The molecule has 1 atom stereocenters. The summed E-state index contributed by atoms with van der Waals surface area (Å²) in [6.07, 6.45) is 2.85. The lowest BCUT2D eigenvalue weighted by Gasteiger charge is -2.28. The topological polar surface area (TPSA) is 49.4 Å². The van der Waals surface area contributed by atoms with Crippen LogP contribution in [0.2, 0.25) is 0 Å². The molecule has 0 fully saturated rings. The molecule has 1 aliphatic heterocycles. The Morgan fingerprint density at radius 2 is 2.06 bits per heavy atom. The lowest BCUT2D eigenvalue weighted by Crippen LogP contribution is -2.44. The zero-order chi connectivity index (χ0) is 13.1. The summed E-state index contributed by atoms with van der Waals surface area (Å²) < 4.78 is 26.1. The van der Waals surface area contributed by atoms with E-state index in [0.717, 1.165) is 6.42 Å². The van der Waals surface area contributed by atoms with Gasteiger partial charge in [-0.3, -0.25) is 0 Å². The minimum Gasteiger partial charge on any atom is -0.313 e. The van der Waals surface area contributed by atoms with Crippen molar-refractivity contribution in [3.8, 4) is 0 Å². The number of nitrogens with one attached hydrogen (secondary N) is 1. The third kappa shape index (κ3) is 4.08. The van der Waals surface area contributed by atoms with E-state index in [-0.39, 0.29) is 5.25 Å². The molecule has 4 nitrogen and oxygen atoms in total. The average molecular weight is 260 g/mol. The third-order valence-electron chi connectivity index (χ3n) is 3.08. The number of sulfonamides is 1. The summed E-state index contributed by atoms with van der Waals surface area (Å²) in [6, 6.07) is 0.316. The Bertz CT molecular complexity index is 374. The van der Waals surface area contributed by atoms with Gasteiger partial charge in [0.1, 0.15) is 0 Å². The number of hydrogen-bond donors (Lipinski definition) is 1. The second kappa shape index (κ2) is 5.98. The molecule has 0 aromatic heterocycles. The van der Waals surface area contributed by atoms with E-state index in [1.54, 1.807) is 11.2 Å². The molecule has 0 bridgehead atoms. The van der Waals surface area contributed by atoms with Crippen LogP contribution in [0.5, 0.6) is 0 Å². The molecule has 0 spiro atoms. The summed E-state index contributed by atoms with van der Waals surface area (Å²) in [5, 5.41) is 2.81. The predicted octanol–water partition coefficient (Wildman–Crippen LogP) is 1.35. The molecular weight excluding hydrogens is 236 g/mol. The van der Waals surface area contributed by atoms with Gasteiger partial charge in [-0.1, -0.05) is 25.5 Å². The minimum atomic E-state index is -3.15. The summed E-state index contributed by atoms with van der Waals surface area (Å²) in [5.74, 6) is 0. The van der Waals surface area contributed by atoms with E-state index in [4.69, 9.17) is 0 Å². The van der Waals surface area contributed by atoms with Crippen LogP contribution < -0.4 is 5.32 Å². The van der Waals surface area contributed by atoms with Crippen LogP contribution in [-0.4, -0.2) is 43.6 Å². The first-order valence-corrected chi connectivity index (χ1v) is 7.72. The lowest BCUT2D eigenvalue weighted by molar-refractivity contribution is 0.420. The Labute approximate surface area is 105 Å². The highest BCUT2D eigenvalue weighted by atomic mass is 32.2. The molecule has 100 valence electrons. The quantitative estimate of drug-likeness (QED) is 0.759. The maximum Gasteiger partial charge on any atom is 0.218 e. The molecule has 0 aliphatic carbocycles. The van der Waals surface area contributed by atoms with E-state index in [1.165, 1.54) is 5.57 Å². The van der Waals surface area contributed by atoms with Gasteiger partial charge in [-0.2, -0.15) is 4.31 Å². The van der Waals surface area contributed by atoms with Gasteiger partial charge in [-0.25, -0.2) is 8.42 Å². The van der Waals surface area contributed by atoms with Gasteiger partial charge < -0.3 is 5.32 Å². The van der Waals surface area contributed by atoms with E-state index in [2.05, 4.69) is 5.32 Å². The number of nitrogens with zero attached hydrogens (tertiary/aromatic N) is 1. The summed E-state index contributed by atoms with van der Waals surface area (Å²) in [7, 11) is -3.15. The summed E-state index contributed by atoms with van der Waals surface area (Å²) in [6.45, 7) is 9.53. The van der Waals surface area contributed by atoms with E-state index >= 15 is 0 Å². The molecule has 0 aromatic carbocycles.